The molecule has 0 spiro atoms. The van der Waals surface area contributed by atoms with Crippen molar-refractivity contribution in [3.8, 4) is 0 Å². The number of carbonyl (C=O) groups excluding carboxylic acids is 1. The normalized spacial score (nSPS) is 12.8. The van der Waals surface area contributed by atoms with Gasteiger partial charge in [-0.25, -0.2) is 0 Å². The number of carboxylic acid groups (broad SMARTS) is 1. The molecule has 1 amide bonds. The second-order valence-corrected chi connectivity index (χ2v) is 6.84. The van der Waals surface area contributed by atoms with Crippen LogP contribution < -0.4 is 5.32 Å². The monoisotopic (exact) mass is 281 g/mol. The van der Waals surface area contributed by atoms with Gasteiger partial charge in [-0.1, -0.05) is 18.2 Å². The Bertz CT molecular complexity index is 485. The van der Waals surface area contributed by atoms with Crippen LogP contribution in [0, 0.1) is 6.92 Å². The Kier molecular flexibility index (Phi) is 5.00. The molecule has 0 aliphatic rings. The van der Waals surface area contributed by atoms with Crippen molar-refractivity contribution in [1.29, 1.82) is 0 Å². The third kappa shape index (κ3) is 4.28. The fourth-order valence-corrected chi connectivity index (χ4v) is 2.64. The molecule has 0 fully saturated rings. The van der Waals surface area contributed by atoms with Gasteiger partial charge in [0, 0.05) is 5.69 Å². The van der Waals surface area contributed by atoms with Crippen molar-refractivity contribution >= 4 is 29.3 Å². The molecular formula is C14H19NO3S. The van der Waals surface area contributed by atoms with E-state index in [1.165, 1.54) is 0 Å². The fourth-order valence-electron chi connectivity index (χ4n) is 1.49. The first-order valence-electron chi connectivity index (χ1n) is 6.02. The number of aryl methyl sites for hydroxylation is 1. The van der Waals surface area contributed by atoms with Gasteiger partial charge in [-0.3, -0.25) is 9.59 Å². The maximum atomic E-state index is 12.0. The van der Waals surface area contributed by atoms with Crippen LogP contribution in [0.5, 0.6) is 0 Å². The van der Waals surface area contributed by atoms with E-state index in [2.05, 4.69) is 5.32 Å². The second kappa shape index (κ2) is 6.10. The van der Waals surface area contributed by atoms with Crippen molar-refractivity contribution in [2.45, 2.75) is 37.7 Å². The lowest BCUT2D eigenvalue weighted by Crippen LogP contribution is -2.33. The van der Waals surface area contributed by atoms with Crippen LogP contribution >= 0.6 is 11.8 Å². The summed E-state index contributed by atoms with van der Waals surface area (Å²) < 4.78 is -0.984. The predicted octanol–water partition coefficient (Wildman–Crippen LogP) is 2.92. The zero-order valence-electron chi connectivity index (χ0n) is 11.6. The number of amides is 1. The lowest BCUT2D eigenvalue weighted by atomic mass is 10.2. The van der Waals surface area contributed by atoms with E-state index in [1.807, 2.05) is 31.2 Å². The topological polar surface area (TPSA) is 66.4 Å². The molecular weight excluding hydrogens is 262 g/mol. The molecule has 0 aliphatic carbocycles. The van der Waals surface area contributed by atoms with E-state index in [0.717, 1.165) is 23.0 Å². The van der Waals surface area contributed by atoms with Crippen LogP contribution in [0.15, 0.2) is 24.3 Å². The summed E-state index contributed by atoms with van der Waals surface area (Å²) in [6, 6.07) is 7.49. The van der Waals surface area contributed by atoms with Crippen LogP contribution in [-0.4, -0.2) is 27.0 Å². The molecule has 0 saturated heterocycles. The first-order valence-corrected chi connectivity index (χ1v) is 6.89. The Morgan fingerprint density at radius 1 is 1.32 bits per heavy atom. The Balaban J connectivity index is 2.69. The van der Waals surface area contributed by atoms with E-state index in [-0.39, 0.29) is 5.91 Å². The third-order valence-electron chi connectivity index (χ3n) is 2.76. The number of carbonyl (C=O) groups is 2. The molecule has 1 rings (SSSR count). The van der Waals surface area contributed by atoms with Crippen molar-refractivity contribution in [3.05, 3.63) is 29.8 Å². The van der Waals surface area contributed by atoms with Crippen molar-refractivity contribution in [2.24, 2.45) is 0 Å². The Labute approximate surface area is 117 Å². The van der Waals surface area contributed by atoms with Crippen molar-refractivity contribution in [1.82, 2.24) is 0 Å². The number of rotatable bonds is 5. The summed E-state index contributed by atoms with van der Waals surface area (Å²) in [4.78, 5) is 23.1. The van der Waals surface area contributed by atoms with Gasteiger partial charge >= 0.3 is 5.97 Å². The second-order valence-electron chi connectivity index (χ2n) is 4.88. The first-order chi connectivity index (χ1) is 8.74. The zero-order chi connectivity index (χ0) is 14.6. The lowest BCUT2D eigenvalue weighted by Gasteiger charge is -2.22. The Morgan fingerprint density at radius 2 is 1.89 bits per heavy atom. The summed E-state index contributed by atoms with van der Waals surface area (Å²) in [5.74, 6) is -1.11. The number of nitrogens with one attached hydrogen (secondary N) is 1. The summed E-state index contributed by atoms with van der Waals surface area (Å²) in [5, 5.41) is 11.4. The standard InChI is InChI=1S/C14H19NO3S/c1-9-7-5-6-8-11(9)15-12(16)10(2)19-14(3,4)13(17)18/h5-8,10H,1-4H3,(H,15,16)(H,17,18). The number of carboxylic acids is 1. The van der Waals surface area contributed by atoms with Crippen LogP contribution in [0.1, 0.15) is 26.3 Å². The number of hydrogen-bond donors (Lipinski definition) is 2. The molecule has 1 unspecified atom stereocenters. The molecule has 5 heteroatoms. The highest BCUT2D eigenvalue weighted by Gasteiger charge is 2.32. The van der Waals surface area contributed by atoms with Crippen molar-refractivity contribution < 1.29 is 14.7 Å². The average Bonchev–Trinajstić information content (AvgIpc) is 2.31. The van der Waals surface area contributed by atoms with Gasteiger partial charge in [0.1, 0.15) is 4.75 Å². The van der Waals surface area contributed by atoms with E-state index in [9.17, 15) is 9.59 Å². The van der Waals surface area contributed by atoms with Crippen LogP contribution in [-0.2, 0) is 9.59 Å². The van der Waals surface area contributed by atoms with Gasteiger partial charge in [0.15, 0.2) is 0 Å². The number of hydrogen-bond acceptors (Lipinski definition) is 3. The first kappa shape index (κ1) is 15.6. The Hall–Kier alpha value is -1.49. The van der Waals surface area contributed by atoms with Crippen LogP contribution in [0.25, 0.3) is 0 Å². The maximum absolute atomic E-state index is 12.0. The third-order valence-corrected chi connectivity index (χ3v) is 4.09. The molecule has 1 atom stereocenters. The predicted molar refractivity (Wildman–Crippen MR) is 78.6 cm³/mol. The maximum Gasteiger partial charge on any atom is 0.319 e. The SMILES string of the molecule is Cc1ccccc1NC(=O)C(C)SC(C)(C)C(=O)O. The van der Waals surface area contributed by atoms with Crippen LogP contribution in [0.2, 0.25) is 0 Å². The highest BCUT2D eigenvalue weighted by molar-refractivity contribution is 8.02. The molecule has 104 valence electrons. The number of anilines is 1. The molecule has 4 nitrogen and oxygen atoms in total. The molecule has 2 N–H and O–H groups in total. The number of aliphatic carboxylic acids is 1. The molecule has 0 bridgehead atoms. The van der Waals surface area contributed by atoms with Gasteiger partial charge in [0.2, 0.25) is 5.91 Å². The molecule has 0 heterocycles. The van der Waals surface area contributed by atoms with E-state index in [1.54, 1.807) is 20.8 Å². The van der Waals surface area contributed by atoms with Gasteiger partial charge < -0.3 is 10.4 Å². The molecule has 0 aliphatic heterocycles. The minimum absolute atomic E-state index is 0.186. The summed E-state index contributed by atoms with van der Waals surface area (Å²) in [6.45, 7) is 6.81. The van der Waals surface area contributed by atoms with E-state index in [4.69, 9.17) is 5.11 Å². The molecule has 0 saturated carbocycles. The average molecular weight is 281 g/mol. The minimum atomic E-state index is -0.984. The highest BCUT2D eigenvalue weighted by atomic mass is 32.2. The largest absolute Gasteiger partial charge is 0.480 e. The van der Waals surface area contributed by atoms with E-state index < -0.39 is 16.0 Å². The molecule has 1 aromatic carbocycles. The van der Waals surface area contributed by atoms with Gasteiger partial charge in [0.25, 0.3) is 0 Å². The van der Waals surface area contributed by atoms with Crippen LogP contribution in [0.4, 0.5) is 5.69 Å². The van der Waals surface area contributed by atoms with Gasteiger partial charge in [0.05, 0.1) is 5.25 Å². The minimum Gasteiger partial charge on any atom is -0.480 e. The molecule has 1 aromatic rings. The van der Waals surface area contributed by atoms with E-state index in [0.29, 0.717) is 0 Å². The Morgan fingerprint density at radius 3 is 2.42 bits per heavy atom. The van der Waals surface area contributed by atoms with Gasteiger partial charge in [-0.15, -0.1) is 11.8 Å². The smallest absolute Gasteiger partial charge is 0.319 e. The summed E-state index contributed by atoms with van der Waals surface area (Å²) in [7, 11) is 0. The number of thioether (sulfide) groups is 1. The molecule has 19 heavy (non-hydrogen) atoms. The van der Waals surface area contributed by atoms with Crippen LogP contribution in [0.3, 0.4) is 0 Å². The van der Waals surface area contributed by atoms with Crippen molar-refractivity contribution in [2.75, 3.05) is 5.32 Å². The zero-order valence-corrected chi connectivity index (χ0v) is 12.4. The quantitative estimate of drug-likeness (QED) is 0.871. The fraction of sp³-hybridized carbons (Fsp3) is 0.429. The number of para-hydroxylation sites is 1. The molecule has 0 radical (unpaired) electrons. The van der Waals surface area contributed by atoms with E-state index >= 15 is 0 Å². The van der Waals surface area contributed by atoms with Gasteiger partial charge in [-0.2, -0.15) is 0 Å². The van der Waals surface area contributed by atoms with Crippen molar-refractivity contribution in [3.63, 3.8) is 0 Å². The van der Waals surface area contributed by atoms with Gasteiger partial charge in [-0.05, 0) is 39.3 Å². The summed E-state index contributed by atoms with van der Waals surface area (Å²) in [5.41, 5.74) is 1.73. The molecule has 0 aromatic heterocycles. The number of benzene rings is 1. The highest BCUT2D eigenvalue weighted by Crippen LogP contribution is 2.29. The lowest BCUT2D eigenvalue weighted by molar-refractivity contribution is -0.138. The summed E-state index contributed by atoms with van der Waals surface area (Å²) in [6.07, 6.45) is 0. The summed E-state index contributed by atoms with van der Waals surface area (Å²) >= 11 is 1.13.